The van der Waals surface area contributed by atoms with Crippen molar-refractivity contribution in [3.05, 3.63) is 71.8 Å². The molecule has 2 amide bonds. The van der Waals surface area contributed by atoms with E-state index in [4.69, 9.17) is 16.3 Å². The number of hydrazine groups is 1. The fourth-order valence-electron chi connectivity index (χ4n) is 3.04. The van der Waals surface area contributed by atoms with Crippen LogP contribution < -0.4 is 15.6 Å². The second kappa shape index (κ2) is 11.9. The predicted molar refractivity (Wildman–Crippen MR) is 138 cm³/mol. The van der Waals surface area contributed by atoms with Crippen molar-refractivity contribution in [1.29, 1.82) is 0 Å². The summed E-state index contributed by atoms with van der Waals surface area (Å²) in [5.74, 6) is 0.349. The van der Waals surface area contributed by atoms with Gasteiger partial charge in [0, 0.05) is 17.1 Å². The van der Waals surface area contributed by atoms with Crippen molar-refractivity contribution in [2.45, 2.75) is 37.9 Å². The summed E-state index contributed by atoms with van der Waals surface area (Å²) in [6, 6.07) is 14.8. The van der Waals surface area contributed by atoms with E-state index in [2.05, 4.69) is 60.5 Å². The van der Waals surface area contributed by atoms with Crippen molar-refractivity contribution in [2.75, 3.05) is 12.4 Å². The monoisotopic (exact) mass is 513 g/mol. The van der Waals surface area contributed by atoms with Crippen LogP contribution in [0, 0.1) is 0 Å². The van der Waals surface area contributed by atoms with Crippen LogP contribution in [0.25, 0.3) is 11.4 Å². The number of hydrogen-bond donors (Lipinski definition) is 2. The molecule has 0 aliphatic rings. The van der Waals surface area contributed by atoms with Gasteiger partial charge in [0.2, 0.25) is 5.91 Å². The number of ether oxygens (including phenoxy) is 1. The summed E-state index contributed by atoms with van der Waals surface area (Å²) in [5.41, 5.74) is 6.90. The topological polar surface area (TPSA) is 98.1 Å². The molecule has 1 aromatic heterocycles. The maximum atomic E-state index is 12.2. The molecule has 0 radical (unpaired) electrons. The van der Waals surface area contributed by atoms with E-state index in [0.29, 0.717) is 28.3 Å². The van der Waals surface area contributed by atoms with Gasteiger partial charge in [0.1, 0.15) is 5.75 Å². The smallest absolute Gasteiger partial charge is 0.276 e. The SMILES string of the molecule is C=CCn1c(SCC(=O)NNC(=O)COc2ccc(Cl)cc2)nnc1-c1ccc(C(C)(C)C)cc1. The van der Waals surface area contributed by atoms with Crippen LogP contribution in [-0.2, 0) is 21.5 Å². The molecule has 0 atom stereocenters. The number of thioether (sulfide) groups is 1. The van der Waals surface area contributed by atoms with Crippen LogP contribution in [0.15, 0.2) is 66.3 Å². The third kappa shape index (κ3) is 7.60. The average molecular weight is 514 g/mol. The first-order valence-electron chi connectivity index (χ1n) is 10.9. The van der Waals surface area contributed by atoms with E-state index in [1.807, 2.05) is 16.7 Å². The number of nitrogens with one attached hydrogen (secondary N) is 2. The quantitative estimate of drug-likeness (QED) is 0.250. The van der Waals surface area contributed by atoms with E-state index in [9.17, 15) is 9.59 Å². The Morgan fingerprint density at radius 2 is 1.71 bits per heavy atom. The Kier molecular flexibility index (Phi) is 8.95. The van der Waals surface area contributed by atoms with E-state index in [1.165, 1.54) is 17.3 Å². The summed E-state index contributed by atoms with van der Waals surface area (Å²) in [6.45, 7) is 10.5. The zero-order chi connectivity index (χ0) is 25.4. The predicted octanol–water partition coefficient (Wildman–Crippen LogP) is 4.40. The third-order valence-electron chi connectivity index (χ3n) is 4.89. The first kappa shape index (κ1) is 26.3. The van der Waals surface area contributed by atoms with Gasteiger partial charge in [-0.15, -0.1) is 16.8 Å². The van der Waals surface area contributed by atoms with E-state index in [0.717, 1.165) is 5.56 Å². The lowest BCUT2D eigenvalue weighted by atomic mass is 9.87. The number of carbonyl (C=O) groups excluding carboxylic acids is 2. The zero-order valence-corrected chi connectivity index (χ0v) is 21.4. The molecule has 0 fully saturated rings. The molecule has 35 heavy (non-hydrogen) atoms. The lowest BCUT2D eigenvalue weighted by Gasteiger charge is -2.19. The second-order valence-electron chi connectivity index (χ2n) is 8.66. The van der Waals surface area contributed by atoms with Crippen LogP contribution in [0.4, 0.5) is 0 Å². The summed E-state index contributed by atoms with van der Waals surface area (Å²) in [4.78, 5) is 24.2. The first-order chi connectivity index (χ1) is 16.7. The molecular formula is C25H28ClN5O3S. The Morgan fingerprint density at radius 3 is 2.34 bits per heavy atom. The number of halogens is 1. The van der Waals surface area contributed by atoms with Crippen molar-refractivity contribution in [2.24, 2.45) is 0 Å². The van der Waals surface area contributed by atoms with Crippen molar-refractivity contribution >= 4 is 35.2 Å². The lowest BCUT2D eigenvalue weighted by molar-refractivity contribution is -0.128. The molecule has 0 spiro atoms. The number of amides is 2. The Hall–Kier alpha value is -3.30. The number of allylic oxidation sites excluding steroid dienone is 1. The van der Waals surface area contributed by atoms with Gasteiger partial charge in [0.05, 0.1) is 5.75 Å². The molecule has 10 heteroatoms. The van der Waals surface area contributed by atoms with Gasteiger partial charge in [0.25, 0.3) is 5.91 Å². The van der Waals surface area contributed by atoms with Gasteiger partial charge in [0.15, 0.2) is 17.6 Å². The van der Waals surface area contributed by atoms with E-state index in [-0.39, 0.29) is 23.7 Å². The van der Waals surface area contributed by atoms with Gasteiger partial charge in [-0.1, -0.05) is 74.5 Å². The van der Waals surface area contributed by atoms with Crippen LogP contribution in [0.5, 0.6) is 5.75 Å². The highest BCUT2D eigenvalue weighted by atomic mass is 35.5. The molecule has 0 saturated heterocycles. The van der Waals surface area contributed by atoms with E-state index in [1.54, 1.807) is 30.3 Å². The summed E-state index contributed by atoms with van der Waals surface area (Å²) < 4.78 is 7.24. The Balaban J connectivity index is 1.53. The minimum atomic E-state index is -0.492. The van der Waals surface area contributed by atoms with E-state index < -0.39 is 5.91 Å². The maximum absolute atomic E-state index is 12.2. The summed E-state index contributed by atoms with van der Waals surface area (Å²) in [7, 11) is 0. The van der Waals surface area contributed by atoms with Crippen LogP contribution in [0.2, 0.25) is 5.02 Å². The molecule has 0 saturated carbocycles. The third-order valence-corrected chi connectivity index (χ3v) is 6.11. The van der Waals surface area contributed by atoms with Gasteiger partial charge in [-0.2, -0.15) is 0 Å². The molecule has 3 aromatic rings. The molecule has 0 aliphatic carbocycles. The van der Waals surface area contributed by atoms with Crippen molar-refractivity contribution in [3.8, 4) is 17.1 Å². The maximum Gasteiger partial charge on any atom is 0.276 e. The zero-order valence-electron chi connectivity index (χ0n) is 19.9. The van der Waals surface area contributed by atoms with Gasteiger partial charge in [-0.3, -0.25) is 25.0 Å². The Morgan fingerprint density at radius 1 is 1.06 bits per heavy atom. The van der Waals surface area contributed by atoms with Crippen molar-refractivity contribution in [1.82, 2.24) is 25.6 Å². The summed E-state index contributed by atoms with van der Waals surface area (Å²) >= 11 is 7.03. The minimum absolute atomic E-state index is 0.0383. The molecule has 1 heterocycles. The number of nitrogens with zero attached hydrogens (tertiary/aromatic N) is 3. The largest absolute Gasteiger partial charge is 0.484 e. The van der Waals surface area contributed by atoms with Gasteiger partial charge >= 0.3 is 0 Å². The van der Waals surface area contributed by atoms with Gasteiger partial charge in [-0.25, -0.2) is 0 Å². The second-order valence-corrected chi connectivity index (χ2v) is 10.0. The number of carbonyl (C=O) groups is 2. The number of hydrogen-bond acceptors (Lipinski definition) is 6. The standard InChI is InChI=1S/C25H28ClN5O3S/c1-5-14-31-23(17-6-8-18(9-7-17)25(2,3)4)29-30-24(31)35-16-22(33)28-27-21(32)15-34-20-12-10-19(26)11-13-20/h5-13H,1,14-16H2,2-4H3,(H,27,32)(H,28,33). The fourth-order valence-corrected chi connectivity index (χ4v) is 3.92. The first-order valence-corrected chi connectivity index (χ1v) is 12.3. The molecule has 0 aliphatic heterocycles. The molecule has 8 nitrogen and oxygen atoms in total. The fraction of sp³-hybridized carbons (Fsp3) is 0.280. The summed E-state index contributed by atoms with van der Waals surface area (Å²) in [5, 5.41) is 9.72. The van der Waals surface area contributed by atoms with Crippen LogP contribution in [0.3, 0.4) is 0 Å². The molecule has 184 valence electrons. The Bertz CT molecular complexity index is 1170. The molecule has 0 unspecified atom stereocenters. The van der Waals surface area contributed by atoms with Crippen LogP contribution in [-0.4, -0.2) is 38.9 Å². The van der Waals surface area contributed by atoms with Gasteiger partial charge < -0.3 is 4.74 Å². The molecule has 2 N–H and O–H groups in total. The normalized spacial score (nSPS) is 11.1. The van der Waals surface area contributed by atoms with Crippen LogP contribution >= 0.6 is 23.4 Å². The highest BCUT2D eigenvalue weighted by Gasteiger charge is 2.17. The van der Waals surface area contributed by atoms with Crippen molar-refractivity contribution in [3.63, 3.8) is 0 Å². The number of aromatic nitrogens is 3. The number of rotatable bonds is 9. The molecule has 2 aromatic carbocycles. The minimum Gasteiger partial charge on any atom is -0.484 e. The average Bonchev–Trinajstić information content (AvgIpc) is 3.23. The Labute approximate surface area is 214 Å². The van der Waals surface area contributed by atoms with E-state index >= 15 is 0 Å². The lowest BCUT2D eigenvalue weighted by Crippen LogP contribution is -2.44. The van der Waals surface area contributed by atoms with Gasteiger partial charge in [-0.05, 0) is 35.2 Å². The highest BCUT2D eigenvalue weighted by molar-refractivity contribution is 7.99. The number of benzene rings is 2. The summed E-state index contributed by atoms with van der Waals surface area (Å²) in [6.07, 6.45) is 1.75. The molecule has 0 bridgehead atoms. The molecule has 3 rings (SSSR count). The van der Waals surface area contributed by atoms with Crippen LogP contribution in [0.1, 0.15) is 26.3 Å². The highest BCUT2D eigenvalue weighted by Crippen LogP contribution is 2.27. The molecular weight excluding hydrogens is 486 g/mol. The van der Waals surface area contributed by atoms with Crippen molar-refractivity contribution < 1.29 is 14.3 Å².